The second kappa shape index (κ2) is 6.79. The molecule has 1 amide bonds. The minimum absolute atomic E-state index is 0.00558. The topological polar surface area (TPSA) is 63.2 Å². The molecule has 0 saturated carbocycles. The molecule has 0 spiro atoms. The predicted octanol–water partition coefficient (Wildman–Crippen LogP) is 2.21. The van der Waals surface area contributed by atoms with Gasteiger partial charge in [0.05, 0.1) is 11.5 Å². The Hall–Kier alpha value is -1.07. The molecule has 0 bridgehead atoms. The van der Waals surface area contributed by atoms with Gasteiger partial charge in [0, 0.05) is 17.5 Å². The maximum atomic E-state index is 11.9. The van der Waals surface area contributed by atoms with Crippen LogP contribution >= 0.6 is 11.6 Å². The van der Waals surface area contributed by atoms with E-state index in [-0.39, 0.29) is 29.4 Å². The molecule has 1 aromatic carbocycles. The lowest BCUT2D eigenvalue weighted by Crippen LogP contribution is -2.35. The van der Waals surface area contributed by atoms with Crippen molar-refractivity contribution in [2.24, 2.45) is 5.92 Å². The Labute approximate surface area is 130 Å². The van der Waals surface area contributed by atoms with E-state index in [2.05, 4.69) is 5.32 Å². The molecule has 0 radical (unpaired) electrons. The van der Waals surface area contributed by atoms with E-state index in [1.807, 2.05) is 31.2 Å². The summed E-state index contributed by atoms with van der Waals surface area (Å²) in [6, 6.07) is 7.55. The molecule has 1 fully saturated rings. The van der Waals surface area contributed by atoms with Gasteiger partial charge in [0.1, 0.15) is 0 Å². The van der Waals surface area contributed by atoms with Gasteiger partial charge in [-0.05, 0) is 43.4 Å². The normalized spacial score (nSPS) is 21.9. The van der Waals surface area contributed by atoms with Crippen molar-refractivity contribution in [2.45, 2.75) is 32.2 Å². The average molecular weight is 330 g/mol. The zero-order chi connectivity index (χ0) is 15.5. The average Bonchev–Trinajstić information content (AvgIpc) is 2.67. The van der Waals surface area contributed by atoms with Crippen LogP contribution in [0.5, 0.6) is 0 Å². The van der Waals surface area contributed by atoms with E-state index in [0.717, 1.165) is 5.56 Å². The third kappa shape index (κ3) is 5.32. The summed E-state index contributed by atoms with van der Waals surface area (Å²) in [6.45, 7) is 1.93. The molecule has 2 atom stereocenters. The minimum Gasteiger partial charge on any atom is -0.353 e. The van der Waals surface area contributed by atoms with Gasteiger partial charge in [0.2, 0.25) is 5.91 Å². The number of benzene rings is 1. The van der Waals surface area contributed by atoms with Gasteiger partial charge < -0.3 is 5.32 Å². The number of hydrogen-bond donors (Lipinski definition) is 1. The van der Waals surface area contributed by atoms with Crippen molar-refractivity contribution in [3.05, 3.63) is 34.9 Å². The fourth-order valence-corrected chi connectivity index (χ4v) is 4.77. The first-order valence-corrected chi connectivity index (χ1v) is 9.28. The summed E-state index contributed by atoms with van der Waals surface area (Å²) in [5.74, 6) is 0.242. The van der Waals surface area contributed by atoms with E-state index >= 15 is 0 Å². The molecule has 116 valence electrons. The standard InChI is InChI=1S/C15H20ClNO3S/c1-11(7-12-3-2-4-14(16)8-12)17-15(18)9-13-5-6-21(19,20)10-13/h2-4,8,11,13H,5-7,9-10H2,1H3,(H,17,18)/t11-,13-/m1/s1. The van der Waals surface area contributed by atoms with Gasteiger partial charge in [0.25, 0.3) is 0 Å². The third-order valence-electron chi connectivity index (χ3n) is 3.64. The van der Waals surface area contributed by atoms with Crippen molar-refractivity contribution in [2.75, 3.05) is 11.5 Å². The lowest BCUT2D eigenvalue weighted by molar-refractivity contribution is -0.122. The molecule has 4 nitrogen and oxygen atoms in total. The Morgan fingerprint density at radius 3 is 2.86 bits per heavy atom. The van der Waals surface area contributed by atoms with Crippen molar-refractivity contribution in [3.8, 4) is 0 Å². The molecule has 21 heavy (non-hydrogen) atoms. The van der Waals surface area contributed by atoms with Crippen LogP contribution in [0.3, 0.4) is 0 Å². The van der Waals surface area contributed by atoms with E-state index in [1.54, 1.807) is 0 Å². The molecule has 0 aliphatic carbocycles. The van der Waals surface area contributed by atoms with Gasteiger partial charge in [-0.15, -0.1) is 0 Å². The van der Waals surface area contributed by atoms with E-state index in [1.165, 1.54) is 0 Å². The van der Waals surface area contributed by atoms with Gasteiger partial charge in [-0.3, -0.25) is 4.79 Å². The number of nitrogens with one attached hydrogen (secondary N) is 1. The van der Waals surface area contributed by atoms with Crippen LogP contribution in [0.4, 0.5) is 0 Å². The molecule has 1 aliphatic heterocycles. The van der Waals surface area contributed by atoms with Crippen LogP contribution in [-0.2, 0) is 21.1 Å². The summed E-state index contributed by atoms with van der Waals surface area (Å²) in [6.07, 6.45) is 1.59. The maximum absolute atomic E-state index is 11.9. The van der Waals surface area contributed by atoms with Gasteiger partial charge in [0.15, 0.2) is 9.84 Å². The van der Waals surface area contributed by atoms with E-state index < -0.39 is 9.84 Å². The van der Waals surface area contributed by atoms with Crippen LogP contribution in [-0.4, -0.2) is 31.9 Å². The van der Waals surface area contributed by atoms with Crippen LogP contribution in [0, 0.1) is 5.92 Å². The number of sulfone groups is 1. The maximum Gasteiger partial charge on any atom is 0.220 e. The highest BCUT2D eigenvalue weighted by Gasteiger charge is 2.29. The van der Waals surface area contributed by atoms with E-state index in [0.29, 0.717) is 24.3 Å². The Morgan fingerprint density at radius 1 is 1.48 bits per heavy atom. The molecule has 1 heterocycles. The number of rotatable bonds is 5. The fourth-order valence-electron chi connectivity index (χ4n) is 2.70. The first kappa shape index (κ1) is 16.3. The van der Waals surface area contributed by atoms with Crippen LogP contribution in [0.15, 0.2) is 24.3 Å². The highest BCUT2D eigenvalue weighted by Crippen LogP contribution is 2.21. The minimum atomic E-state index is -2.92. The molecule has 1 N–H and O–H groups in total. The zero-order valence-electron chi connectivity index (χ0n) is 12.0. The molecule has 0 aromatic heterocycles. The summed E-state index contributed by atoms with van der Waals surface area (Å²) >= 11 is 5.93. The van der Waals surface area contributed by atoms with Crippen molar-refractivity contribution >= 4 is 27.3 Å². The Bertz CT molecular complexity index is 615. The quantitative estimate of drug-likeness (QED) is 0.900. The van der Waals surface area contributed by atoms with Gasteiger partial charge in [-0.25, -0.2) is 8.42 Å². The van der Waals surface area contributed by atoms with Gasteiger partial charge >= 0.3 is 0 Å². The summed E-state index contributed by atoms with van der Waals surface area (Å²) in [7, 11) is -2.92. The molecule has 0 unspecified atom stereocenters. The van der Waals surface area contributed by atoms with Crippen molar-refractivity contribution in [3.63, 3.8) is 0 Å². The SMILES string of the molecule is C[C@H](Cc1cccc(Cl)c1)NC(=O)C[C@H]1CCS(=O)(=O)C1. The summed E-state index contributed by atoms with van der Waals surface area (Å²) < 4.78 is 22.7. The highest BCUT2D eigenvalue weighted by molar-refractivity contribution is 7.91. The Morgan fingerprint density at radius 2 is 2.24 bits per heavy atom. The lowest BCUT2D eigenvalue weighted by Gasteiger charge is -2.15. The first-order valence-electron chi connectivity index (χ1n) is 7.08. The van der Waals surface area contributed by atoms with Crippen molar-refractivity contribution < 1.29 is 13.2 Å². The largest absolute Gasteiger partial charge is 0.353 e. The third-order valence-corrected chi connectivity index (χ3v) is 5.71. The van der Waals surface area contributed by atoms with Crippen LogP contribution in [0.1, 0.15) is 25.3 Å². The molecule has 1 saturated heterocycles. The van der Waals surface area contributed by atoms with Gasteiger partial charge in [-0.2, -0.15) is 0 Å². The highest BCUT2D eigenvalue weighted by atomic mass is 35.5. The number of amides is 1. The van der Waals surface area contributed by atoms with Crippen molar-refractivity contribution in [1.29, 1.82) is 0 Å². The smallest absolute Gasteiger partial charge is 0.220 e. The summed E-state index contributed by atoms with van der Waals surface area (Å²) in [5.41, 5.74) is 1.07. The Balaban J connectivity index is 1.80. The van der Waals surface area contributed by atoms with Crippen LogP contribution < -0.4 is 5.32 Å². The molecule has 2 rings (SSSR count). The molecule has 1 aliphatic rings. The van der Waals surface area contributed by atoms with E-state index in [4.69, 9.17) is 11.6 Å². The molecular weight excluding hydrogens is 310 g/mol. The molecule has 1 aromatic rings. The Kier molecular flexibility index (Phi) is 5.27. The number of carbonyl (C=O) groups excluding carboxylic acids is 1. The fraction of sp³-hybridized carbons (Fsp3) is 0.533. The van der Waals surface area contributed by atoms with Gasteiger partial charge in [-0.1, -0.05) is 23.7 Å². The summed E-state index contributed by atoms with van der Waals surface area (Å²) in [4.78, 5) is 11.9. The predicted molar refractivity (Wildman–Crippen MR) is 84.1 cm³/mol. The molecular formula is C15H20ClNO3S. The number of carbonyl (C=O) groups is 1. The number of halogens is 1. The first-order chi connectivity index (χ1) is 9.84. The van der Waals surface area contributed by atoms with Crippen molar-refractivity contribution in [1.82, 2.24) is 5.32 Å². The van der Waals surface area contributed by atoms with Crippen LogP contribution in [0.25, 0.3) is 0 Å². The molecule has 6 heteroatoms. The second-order valence-corrected chi connectivity index (χ2v) is 8.44. The summed E-state index contributed by atoms with van der Waals surface area (Å²) in [5, 5.41) is 3.61. The second-order valence-electron chi connectivity index (χ2n) is 5.78. The monoisotopic (exact) mass is 329 g/mol. The lowest BCUT2D eigenvalue weighted by atomic mass is 10.0. The number of hydrogen-bond acceptors (Lipinski definition) is 3. The van der Waals surface area contributed by atoms with E-state index in [9.17, 15) is 13.2 Å². The zero-order valence-corrected chi connectivity index (χ0v) is 13.6. The van der Waals surface area contributed by atoms with Crippen LogP contribution in [0.2, 0.25) is 5.02 Å².